The number of alkyl carbamates (subject to hydrolysis) is 1. The molecular weight excluding hydrogens is 423 g/mol. The van der Waals surface area contributed by atoms with E-state index in [1.54, 1.807) is 11.8 Å². The molecule has 2 amide bonds. The number of hydrogen-bond acceptors (Lipinski definition) is 6. The Hall–Kier alpha value is -2.59. The van der Waals surface area contributed by atoms with Gasteiger partial charge in [0.15, 0.2) is 0 Å². The van der Waals surface area contributed by atoms with Gasteiger partial charge in [-0.3, -0.25) is 4.79 Å². The van der Waals surface area contributed by atoms with E-state index in [1.165, 1.54) is 7.11 Å². The summed E-state index contributed by atoms with van der Waals surface area (Å²) in [5.74, 6) is 0.595. The number of likely N-dealkylation sites (tertiary alicyclic amines) is 1. The second-order valence-corrected chi connectivity index (χ2v) is 9.89. The van der Waals surface area contributed by atoms with Gasteiger partial charge >= 0.3 is 13.2 Å². The number of rotatable bonds is 4. The Morgan fingerprint density at radius 1 is 1.24 bits per heavy atom. The van der Waals surface area contributed by atoms with E-state index in [0.29, 0.717) is 6.54 Å². The van der Waals surface area contributed by atoms with Gasteiger partial charge in [-0.2, -0.15) is 0 Å². The highest BCUT2D eigenvalue weighted by molar-refractivity contribution is 6.62. The average Bonchev–Trinajstić information content (AvgIpc) is 3.29. The van der Waals surface area contributed by atoms with Crippen molar-refractivity contribution in [1.82, 2.24) is 20.2 Å². The second kappa shape index (κ2) is 8.64. The van der Waals surface area contributed by atoms with Gasteiger partial charge in [0.2, 0.25) is 5.91 Å². The lowest BCUT2D eigenvalue weighted by Crippen LogP contribution is -2.49. The van der Waals surface area contributed by atoms with Gasteiger partial charge in [0, 0.05) is 6.54 Å². The molecule has 4 rings (SSSR count). The molecule has 0 aliphatic carbocycles. The van der Waals surface area contributed by atoms with E-state index in [-0.39, 0.29) is 11.9 Å². The minimum Gasteiger partial charge on any atom is -0.453 e. The Morgan fingerprint density at radius 3 is 2.61 bits per heavy atom. The summed E-state index contributed by atoms with van der Waals surface area (Å²) in [5, 5.41) is 2.57. The number of carbonyl (C=O) groups is 2. The van der Waals surface area contributed by atoms with Crippen LogP contribution in [0.25, 0.3) is 11.0 Å². The van der Waals surface area contributed by atoms with Crippen LogP contribution in [0.2, 0.25) is 0 Å². The number of aromatic nitrogens is 2. The summed E-state index contributed by atoms with van der Waals surface area (Å²) in [4.78, 5) is 34.6. The van der Waals surface area contributed by atoms with E-state index < -0.39 is 30.5 Å². The molecule has 10 heteroatoms. The first-order valence-electron chi connectivity index (χ1n) is 11.5. The first-order chi connectivity index (χ1) is 15.5. The Balaban J connectivity index is 1.57. The van der Waals surface area contributed by atoms with Crippen LogP contribution in [0.15, 0.2) is 18.2 Å². The lowest BCUT2D eigenvalue weighted by Gasteiger charge is -2.36. The van der Waals surface area contributed by atoms with Gasteiger partial charge in [0.25, 0.3) is 0 Å². The average molecular weight is 456 g/mol. The number of nitrogens with zero attached hydrogens (tertiary/aromatic N) is 2. The second-order valence-electron chi connectivity index (χ2n) is 9.89. The number of ether oxygens (including phenoxy) is 1. The van der Waals surface area contributed by atoms with E-state index in [2.05, 4.69) is 15.0 Å². The Bertz CT molecular complexity index is 1040. The predicted molar refractivity (Wildman–Crippen MR) is 125 cm³/mol. The fourth-order valence-electron chi connectivity index (χ4n) is 4.36. The van der Waals surface area contributed by atoms with Gasteiger partial charge in [-0.25, -0.2) is 9.78 Å². The van der Waals surface area contributed by atoms with Crippen LogP contribution in [0, 0.1) is 0 Å². The number of nitrogens with one attached hydrogen (secondary N) is 2. The molecule has 2 aliphatic heterocycles. The molecule has 2 aliphatic rings. The molecule has 0 radical (unpaired) electrons. The van der Waals surface area contributed by atoms with E-state index in [4.69, 9.17) is 14.3 Å². The van der Waals surface area contributed by atoms with Crippen LogP contribution >= 0.6 is 0 Å². The molecule has 1 aromatic heterocycles. The molecule has 1 aromatic carbocycles. The quantitative estimate of drug-likeness (QED) is 0.686. The molecule has 2 fully saturated rings. The molecule has 0 saturated carbocycles. The minimum atomic E-state index is -0.683. The van der Waals surface area contributed by atoms with Gasteiger partial charge in [-0.15, -0.1) is 0 Å². The smallest absolute Gasteiger partial charge is 0.453 e. The van der Waals surface area contributed by atoms with Crippen LogP contribution in [-0.2, 0) is 18.8 Å². The summed E-state index contributed by atoms with van der Waals surface area (Å²) >= 11 is 0. The topological polar surface area (TPSA) is 106 Å². The van der Waals surface area contributed by atoms with Crippen molar-refractivity contribution in [3.05, 3.63) is 24.0 Å². The van der Waals surface area contributed by atoms with Gasteiger partial charge in [0.05, 0.1) is 35.4 Å². The zero-order valence-electron chi connectivity index (χ0n) is 20.2. The van der Waals surface area contributed by atoms with Crippen LogP contribution in [0.1, 0.15) is 65.7 Å². The highest BCUT2D eigenvalue weighted by Crippen LogP contribution is 2.37. The number of aromatic amines is 1. The van der Waals surface area contributed by atoms with Crippen molar-refractivity contribution < 1.29 is 23.6 Å². The van der Waals surface area contributed by atoms with Crippen molar-refractivity contribution in [2.24, 2.45) is 0 Å². The molecule has 0 spiro atoms. The van der Waals surface area contributed by atoms with Crippen LogP contribution in [-0.4, -0.2) is 64.9 Å². The molecule has 0 unspecified atom stereocenters. The number of benzene rings is 1. The van der Waals surface area contributed by atoms with E-state index in [9.17, 15) is 9.59 Å². The van der Waals surface area contributed by atoms with Crippen molar-refractivity contribution in [2.75, 3.05) is 13.7 Å². The Kier molecular flexibility index (Phi) is 6.17. The summed E-state index contributed by atoms with van der Waals surface area (Å²) in [6.45, 7) is 10.4. The molecule has 2 saturated heterocycles. The highest BCUT2D eigenvalue weighted by atomic mass is 16.7. The van der Waals surface area contributed by atoms with Gasteiger partial charge in [-0.05, 0) is 71.5 Å². The Morgan fingerprint density at radius 2 is 1.94 bits per heavy atom. The largest absolute Gasteiger partial charge is 0.494 e. The molecule has 2 N–H and O–H groups in total. The molecular formula is C23H33BN4O5. The lowest BCUT2D eigenvalue weighted by molar-refractivity contribution is -0.137. The lowest BCUT2D eigenvalue weighted by atomic mass is 9.79. The number of imidazole rings is 1. The highest BCUT2D eigenvalue weighted by Gasteiger charge is 2.51. The summed E-state index contributed by atoms with van der Waals surface area (Å²) in [7, 11) is 0.826. The van der Waals surface area contributed by atoms with E-state index >= 15 is 0 Å². The van der Waals surface area contributed by atoms with Gasteiger partial charge in [0.1, 0.15) is 11.9 Å². The first-order valence-corrected chi connectivity index (χ1v) is 11.5. The Labute approximate surface area is 194 Å². The molecule has 0 bridgehead atoms. The third kappa shape index (κ3) is 4.46. The van der Waals surface area contributed by atoms with Crippen molar-refractivity contribution in [1.29, 1.82) is 0 Å². The standard InChI is InChI=1S/C23H33BN4O5/c1-14(25-21(30)31-6)20(29)28-12-8-7-9-18(28)19-26-16-11-10-15(13-17(16)27-19)24-32-22(2,3)23(4,5)33-24/h10-11,13-14,18H,7-9,12H2,1-6H3,(H,25,30)(H,26,27)/t14-,18-/m0/s1. The molecule has 2 aromatic rings. The number of fused-ring (bicyclic) bond motifs is 1. The molecule has 2 atom stereocenters. The zero-order valence-corrected chi connectivity index (χ0v) is 20.2. The third-order valence-corrected chi connectivity index (χ3v) is 7.04. The minimum absolute atomic E-state index is 0.150. The molecule has 9 nitrogen and oxygen atoms in total. The maximum absolute atomic E-state index is 13.1. The van der Waals surface area contributed by atoms with E-state index in [0.717, 1.165) is 41.6 Å². The number of H-pyrrole nitrogens is 1. The SMILES string of the molecule is COC(=O)N[C@@H](C)C(=O)N1CCCC[C@H]1c1nc2ccc(B3OC(C)(C)C(C)(C)O3)cc2[nH]1. The third-order valence-electron chi connectivity index (χ3n) is 7.04. The van der Waals surface area contributed by atoms with Crippen molar-refractivity contribution in [3.63, 3.8) is 0 Å². The summed E-state index contributed by atoms with van der Waals surface area (Å²) in [6.07, 6.45) is 2.10. The van der Waals surface area contributed by atoms with Crippen LogP contribution in [0.4, 0.5) is 4.79 Å². The van der Waals surface area contributed by atoms with E-state index in [1.807, 2.05) is 45.9 Å². The summed E-state index contributed by atoms with van der Waals surface area (Å²) in [6, 6.07) is 5.07. The molecule has 178 valence electrons. The summed E-state index contributed by atoms with van der Waals surface area (Å²) in [5.41, 5.74) is 1.79. The monoisotopic (exact) mass is 456 g/mol. The van der Waals surface area contributed by atoms with Gasteiger partial charge in [-0.1, -0.05) is 6.07 Å². The predicted octanol–water partition coefficient (Wildman–Crippen LogP) is 2.66. The maximum atomic E-state index is 13.1. The fraction of sp³-hybridized carbons (Fsp3) is 0.609. The van der Waals surface area contributed by atoms with Crippen molar-refractivity contribution in [2.45, 2.75) is 77.2 Å². The normalized spacial score (nSPS) is 22.9. The number of carbonyl (C=O) groups excluding carboxylic acids is 2. The number of methoxy groups -OCH3 is 1. The number of piperidine rings is 1. The van der Waals surface area contributed by atoms with Gasteiger partial charge < -0.3 is 29.2 Å². The number of amides is 2. The molecule has 3 heterocycles. The van der Waals surface area contributed by atoms with Crippen LogP contribution in [0.5, 0.6) is 0 Å². The summed E-state index contributed by atoms with van der Waals surface area (Å²) < 4.78 is 17.0. The van der Waals surface area contributed by atoms with Crippen LogP contribution in [0.3, 0.4) is 0 Å². The van der Waals surface area contributed by atoms with Crippen molar-refractivity contribution >= 4 is 35.6 Å². The first kappa shape index (κ1) is 23.6. The fourth-order valence-corrected chi connectivity index (χ4v) is 4.36. The maximum Gasteiger partial charge on any atom is 0.494 e. The van der Waals surface area contributed by atoms with Crippen LogP contribution < -0.4 is 10.8 Å². The zero-order chi connectivity index (χ0) is 24.0. The van der Waals surface area contributed by atoms with Crippen molar-refractivity contribution in [3.8, 4) is 0 Å². The molecule has 33 heavy (non-hydrogen) atoms. The number of hydrogen-bond donors (Lipinski definition) is 2.